The Hall–Kier alpha value is -2.30. The van der Waals surface area contributed by atoms with E-state index in [0.717, 1.165) is 12.3 Å². The van der Waals surface area contributed by atoms with Crippen LogP contribution in [0.15, 0.2) is 30.6 Å². The third-order valence-corrected chi connectivity index (χ3v) is 3.08. The first-order chi connectivity index (χ1) is 10.2. The number of ether oxygens (including phenoxy) is 2. The monoisotopic (exact) mass is 287 g/mol. The van der Waals surface area contributed by atoms with E-state index in [1.165, 1.54) is 11.9 Å². The lowest BCUT2D eigenvalue weighted by molar-refractivity contribution is 0.369. The van der Waals surface area contributed by atoms with Gasteiger partial charge in [0.2, 0.25) is 5.75 Å². The van der Waals surface area contributed by atoms with Crippen LogP contribution in [-0.4, -0.2) is 23.6 Å². The number of rotatable bonds is 6. The van der Waals surface area contributed by atoms with Gasteiger partial charge in [0.05, 0.1) is 7.11 Å². The maximum Gasteiger partial charge on any atom is 0.268 e. The molecule has 5 heteroatoms. The van der Waals surface area contributed by atoms with Gasteiger partial charge in [-0.1, -0.05) is 26.0 Å². The van der Waals surface area contributed by atoms with Crippen LogP contribution >= 0.6 is 0 Å². The smallest absolute Gasteiger partial charge is 0.268 e. The molecule has 0 amide bonds. The highest BCUT2D eigenvalue weighted by Gasteiger charge is 2.13. The van der Waals surface area contributed by atoms with E-state index in [0.29, 0.717) is 23.4 Å². The zero-order valence-corrected chi connectivity index (χ0v) is 12.9. The van der Waals surface area contributed by atoms with E-state index < -0.39 is 0 Å². The molecule has 5 nitrogen and oxygen atoms in total. The van der Waals surface area contributed by atoms with Gasteiger partial charge < -0.3 is 14.8 Å². The van der Waals surface area contributed by atoms with Crippen LogP contribution in [0.1, 0.15) is 32.3 Å². The Labute approximate surface area is 125 Å². The Balaban J connectivity index is 2.24. The van der Waals surface area contributed by atoms with Crippen molar-refractivity contribution in [3.63, 3.8) is 0 Å². The van der Waals surface area contributed by atoms with E-state index in [1.807, 2.05) is 19.1 Å². The van der Waals surface area contributed by atoms with Gasteiger partial charge in [0.15, 0.2) is 5.82 Å². The molecule has 1 aromatic heterocycles. The maximum atomic E-state index is 5.81. The van der Waals surface area contributed by atoms with E-state index >= 15 is 0 Å². The molecular weight excluding hydrogens is 266 g/mol. The summed E-state index contributed by atoms with van der Waals surface area (Å²) in [5, 5.41) is 3.12. The van der Waals surface area contributed by atoms with Crippen LogP contribution in [0.4, 0.5) is 5.82 Å². The second kappa shape index (κ2) is 6.92. The molecular formula is C16H21N3O2. The van der Waals surface area contributed by atoms with Gasteiger partial charge in [0.1, 0.15) is 12.1 Å². The number of benzene rings is 1. The number of hydrogen-bond acceptors (Lipinski definition) is 5. The fourth-order valence-corrected chi connectivity index (χ4v) is 1.94. The highest BCUT2D eigenvalue weighted by atomic mass is 16.5. The average Bonchev–Trinajstić information content (AvgIpc) is 2.48. The summed E-state index contributed by atoms with van der Waals surface area (Å²) >= 11 is 0. The third-order valence-electron chi connectivity index (χ3n) is 3.08. The molecule has 2 aromatic rings. The minimum Gasteiger partial charge on any atom is -0.489 e. The van der Waals surface area contributed by atoms with Gasteiger partial charge in [-0.2, -0.15) is 4.98 Å². The summed E-state index contributed by atoms with van der Waals surface area (Å²) in [7, 11) is 1.58. The first-order valence-corrected chi connectivity index (χ1v) is 7.06. The molecule has 0 radical (unpaired) electrons. The topological polar surface area (TPSA) is 56.3 Å². The molecule has 112 valence electrons. The number of nitrogens with zero attached hydrogens (tertiary/aromatic N) is 2. The fourth-order valence-electron chi connectivity index (χ4n) is 1.94. The summed E-state index contributed by atoms with van der Waals surface area (Å²) < 4.78 is 11.2. The van der Waals surface area contributed by atoms with Crippen LogP contribution in [0.5, 0.6) is 17.4 Å². The van der Waals surface area contributed by atoms with E-state index in [4.69, 9.17) is 9.47 Å². The molecule has 0 saturated carbocycles. The number of hydrogen-bond donors (Lipinski definition) is 1. The second-order valence-electron chi connectivity index (χ2n) is 4.92. The molecule has 0 bridgehead atoms. The molecule has 0 aliphatic heterocycles. The Morgan fingerprint density at radius 3 is 2.43 bits per heavy atom. The van der Waals surface area contributed by atoms with E-state index in [-0.39, 0.29) is 0 Å². The van der Waals surface area contributed by atoms with Gasteiger partial charge >= 0.3 is 0 Å². The molecule has 0 saturated heterocycles. The van der Waals surface area contributed by atoms with Gasteiger partial charge in [-0.15, -0.1) is 0 Å². The lowest BCUT2D eigenvalue weighted by Gasteiger charge is -2.13. The summed E-state index contributed by atoms with van der Waals surface area (Å²) in [6.45, 7) is 7.06. The van der Waals surface area contributed by atoms with Crippen molar-refractivity contribution in [1.29, 1.82) is 0 Å². The zero-order chi connectivity index (χ0) is 15.2. The summed E-state index contributed by atoms with van der Waals surface area (Å²) in [6.07, 6.45) is 1.46. The Morgan fingerprint density at radius 1 is 1.14 bits per heavy atom. The lowest BCUT2D eigenvalue weighted by Crippen LogP contribution is -2.04. The van der Waals surface area contributed by atoms with Crippen molar-refractivity contribution in [2.24, 2.45) is 0 Å². The second-order valence-corrected chi connectivity index (χ2v) is 4.92. The molecule has 21 heavy (non-hydrogen) atoms. The normalized spacial score (nSPS) is 10.5. The van der Waals surface area contributed by atoms with Gasteiger partial charge in [0.25, 0.3) is 5.88 Å². The maximum absolute atomic E-state index is 5.81. The van der Waals surface area contributed by atoms with Crippen LogP contribution in [0.3, 0.4) is 0 Å². The minimum absolute atomic E-state index is 0.403. The lowest BCUT2D eigenvalue weighted by atomic mass is 10.0. The van der Waals surface area contributed by atoms with Crippen LogP contribution in [0.25, 0.3) is 0 Å². The van der Waals surface area contributed by atoms with E-state index in [1.54, 1.807) is 7.11 Å². The molecule has 0 atom stereocenters. The number of aromatic nitrogens is 2. The predicted molar refractivity (Wildman–Crippen MR) is 83.4 cm³/mol. The number of anilines is 1. The van der Waals surface area contributed by atoms with Crippen molar-refractivity contribution >= 4 is 5.82 Å². The van der Waals surface area contributed by atoms with Gasteiger partial charge in [-0.05, 0) is 30.5 Å². The van der Waals surface area contributed by atoms with Crippen LogP contribution in [-0.2, 0) is 0 Å². The average molecular weight is 287 g/mol. The molecule has 1 heterocycles. The largest absolute Gasteiger partial charge is 0.489 e. The molecule has 0 aliphatic carbocycles. The molecule has 1 N–H and O–H groups in total. The highest BCUT2D eigenvalue weighted by Crippen LogP contribution is 2.34. The number of nitrogens with one attached hydrogen (secondary N) is 1. The Morgan fingerprint density at radius 2 is 1.86 bits per heavy atom. The number of methoxy groups -OCH3 is 1. The van der Waals surface area contributed by atoms with Gasteiger partial charge in [-0.25, -0.2) is 4.98 Å². The van der Waals surface area contributed by atoms with Crippen LogP contribution in [0.2, 0.25) is 0 Å². The SMILES string of the molecule is CCNc1ncnc(Oc2ccc(C(C)C)cc2)c1OC. The fraction of sp³-hybridized carbons (Fsp3) is 0.375. The Kier molecular flexibility index (Phi) is 4.98. The van der Waals surface area contributed by atoms with Crippen molar-refractivity contribution in [1.82, 2.24) is 9.97 Å². The van der Waals surface area contributed by atoms with Crippen molar-refractivity contribution in [3.8, 4) is 17.4 Å². The van der Waals surface area contributed by atoms with Gasteiger partial charge in [-0.3, -0.25) is 0 Å². The summed E-state index contributed by atoms with van der Waals surface area (Å²) in [5.74, 6) is 2.75. The molecule has 0 aliphatic rings. The van der Waals surface area contributed by atoms with Crippen LogP contribution in [0, 0.1) is 0 Å². The van der Waals surface area contributed by atoms with Gasteiger partial charge in [0, 0.05) is 6.54 Å². The van der Waals surface area contributed by atoms with Crippen molar-refractivity contribution in [2.45, 2.75) is 26.7 Å². The molecule has 0 unspecified atom stereocenters. The molecule has 1 aromatic carbocycles. The van der Waals surface area contributed by atoms with Crippen molar-refractivity contribution in [2.75, 3.05) is 19.0 Å². The predicted octanol–water partition coefficient (Wildman–Crippen LogP) is 3.83. The Bertz CT molecular complexity index is 583. The molecule has 2 rings (SSSR count). The van der Waals surface area contributed by atoms with E-state index in [9.17, 15) is 0 Å². The third kappa shape index (κ3) is 3.62. The summed E-state index contributed by atoms with van der Waals surface area (Å²) in [6, 6.07) is 7.98. The summed E-state index contributed by atoms with van der Waals surface area (Å²) in [4.78, 5) is 8.30. The first-order valence-electron chi connectivity index (χ1n) is 7.06. The van der Waals surface area contributed by atoms with Crippen molar-refractivity contribution in [3.05, 3.63) is 36.2 Å². The highest BCUT2D eigenvalue weighted by molar-refractivity contribution is 5.55. The standard InChI is InChI=1S/C16H21N3O2/c1-5-17-15-14(20-4)16(19-10-18-15)21-13-8-6-12(7-9-13)11(2)3/h6-11H,5H2,1-4H3,(H,17,18,19). The van der Waals surface area contributed by atoms with Crippen LogP contribution < -0.4 is 14.8 Å². The first kappa shape index (κ1) is 15.1. The zero-order valence-electron chi connectivity index (χ0n) is 12.9. The summed E-state index contributed by atoms with van der Waals surface area (Å²) in [5.41, 5.74) is 1.27. The van der Waals surface area contributed by atoms with E-state index in [2.05, 4.69) is 41.3 Å². The van der Waals surface area contributed by atoms with Crippen molar-refractivity contribution < 1.29 is 9.47 Å². The molecule has 0 spiro atoms. The minimum atomic E-state index is 0.403. The quantitative estimate of drug-likeness (QED) is 0.875. The molecule has 0 fully saturated rings.